The number of pyridine rings is 1. The van der Waals surface area contributed by atoms with Gasteiger partial charge >= 0.3 is 0 Å². The maximum Gasteiger partial charge on any atom is 0.261 e. The number of amides is 1. The molecule has 2 aromatic carbocycles. The minimum absolute atomic E-state index is 0.0217. The van der Waals surface area contributed by atoms with Crippen molar-refractivity contribution in [1.82, 2.24) is 4.98 Å². The minimum atomic E-state index is -0.368. The van der Waals surface area contributed by atoms with E-state index < -0.39 is 0 Å². The maximum atomic E-state index is 13.0. The monoisotopic (exact) mass is 357 g/mol. The van der Waals surface area contributed by atoms with E-state index >= 15 is 0 Å². The number of anilines is 2. The van der Waals surface area contributed by atoms with Gasteiger partial charge in [0.05, 0.1) is 0 Å². The van der Waals surface area contributed by atoms with Gasteiger partial charge in [-0.15, -0.1) is 0 Å². The van der Waals surface area contributed by atoms with Crippen LogP contribution < -0.4 is 10.2 Å². The van der Waals surface area contributed by atoms with Crippen molar-refractivity contribution in [2.24, 2.45) is 0 Å². The molecule has 0 radical (unpaired) electrons. The second kappa shape index (κ2) is 6.68. The fourth-order valence-corrected chi connectivity index (χ4v) is 3.26. The van der Waals surface area contributed by atoms with Crippen LogP contribution in [-0.4, -0.2) is 16.7 Å². The highest BCUT2D eigenvalue weighted by Gasteiger charge is 2.38. The van der Waals surface area contributed by atoms with E-state index in [2.05, 4.69) is 10.3 Å². The average molecular weight is 357 g/mol. The van der Waals surface area contributed by atoms with E-state index in [0.717, 1.165) is 16.8 Å². The Hall–Kier alpha value is -3.47. The summed E-state index contributed by atoms with van der Waals surface area (Å²) in [4.78, 5) is 30.6. The van der Waals surface area contributed by atoms with Crippen molar-refractivity contribution >= 4 is 23.2 Å². The number of carbonyl (C=O) groups excluding carboxylic acids is 2. The first-order chi connectivity index (χ1) is 13.0. The summed E-state index contributed by atoms with van der Waals surface area (Å²) in [5, 5.41) is 3.41. The van der Waals surface area contributed by atoms with Gasteiger partial charge in [0.15, 0.2) is 5.78 Å². The molecule has 3 aromatic rings. The van der Waals surface area contributed by atoms with Crippen molar-refractivity contribution in [3.05, 3.63) is 89.1 Å². The third-order valence-electron chi connectivity index (χ3n) is 4.70. The standard InChI is InChI=1S/C22H19N3O2/c1-14-7-12-20(23-13-14)25-21(18-5-3-4-6-19(18)22(25)27)24-17-10-8-16(9-11-17)15(2)26/h3-13,21,24H,1-2H3/t21-/m1/s1. The Morgan fingerprint density at radius 3 is 2.44 bits per heavy atom. The molecule has 134 valence electrons. The number of nitrogens with one attached hydrogen (secondary N) is 1. The van der Waals surface area contributed by atoms with Crippen molar-refractivity contribution in [2.45, 2.75) is 20.0 Å². The number of hydrogen-bond donors (Lipinski definition) is 1. The number of aryl methyl sites for hydroxylation is 1. The van der Waals surface area contributed by atoms with E-state index in [1.165, 1.54) is 0 Å². The second-order valence-corrected chi connectivity index (χ2v) is 6.64. The number of Topliss-reactive ketones (excluding diaryl/α,β-unsaturated/α-hetero) is 1. The summed E-state index contributed by atoms with van der Waals surface area (Å²) < 4.78 is 0. The molecule has 0 aliphatic carbocycles. The van der Waals surface area contributed by atoms with Crippen LogP contribution in [0.25, 0.3) is 0 Å². The molecular formula is C22H19N3O2. The number of fused-ring (bicyclic) bond motifs is 1. The summed E-state index contributed by atoms with van der Waals surface area (Å²) in [6.07, 6.45) is 1.39. The number of nitrogens with zero attached hydrogens (tertiary/aromatic N) is 2. The first kappa shape index (κ1) is 17.0. The first-order valence-corrected chi connectivity index (χ1v) is 8.77. The van der Waals surface area contributed by atoms with Gasteiger partial charge in [0.25, 0.3) is 5.91 Å². The third kappa shape index (κ3) is 3.08. The Morgan fingerprint density at radius 1 is 1.04 bits per heavy atom. The molecular weight excluding hydrogens is 338 g/mol. The molecule has 1 amide bonds. The van der Waals surface area contributed by atoms with Crippen molar-refractivity contribution in [2.75, 3.05) is 10.2 Å². The zero-order valence-electron chi connectivity index (χ0n) is 15.1. The summed E-state index contributed by atoms with van der Waals surface area (Å²) >= 11 is 0. The van der Waals surface area contributed by atoms with Gasteiger partial charge in [-0.2, -0.15) is 0 Å². The largest absolute Gasteiger partial charge is 0.361 e. The van der Waals surface area contributed by atoms with E-state index in [9.17, 15) is 9.59 Å². The van der Waals surface area contributed by atoms with E-state index in [-0.39, 0.29) is 17.9 Å². The maximum absolute atomic E-state index is 13.0. The number of rotatable bonds is 4. The smallest absolute Gasteiger partial charge is 0.261 e. The summed E-state index contributed by atoms with van der Waals surface area (Å²) in [5.41, 5.74) is 4.08. The van der Waals surface area contributed by atoms with E-state index in [1.54, 1.807) is 30.2 Å². The van der Waals surface area contributed by atoms with Crippen LogP contribution in [0.15, 0.2) is 66.9 Å². The molecule has 1 atom stereocenters. The van der Waals surface area contributed by atoms with Gasteiger partial charge in [-0.3, -0.25) is 14.5 Å². The number of carbonyl (C=O) groups is 2. The summed E-state index contributed by atoms with van der Waals surface area (Å²) in [5.74, 6) is 0.535. The molecule has 5 heteroatoms. The highest BCUT2D eigenvalue weighted by Crippen LogP contribution is 2.37. The molecule has 1 aliphatic rings. The number of benzene rings is 2. The molecule has 4 rings (SSSR count). The molecule has 0 unspecified atom stereocenters. The predicted octanol–water partition coefficient (Wildman–Crippen LogP) is 4.36. The van der Waals surface area contributed by atoms with Crippen LogP contribution in [0.2, 0.25) is 0 Å². The Bertz CT molecular complexity index is 1010. The number of ketones is 1. The van der Waals surface area contributed by atoms with Crippen LogP contribution in [0, 0.1) is 6.92 Å². The lowest BCUT2D eigenvalue weighted by atomic mass is 10.1. The highest BCUT2D eigenvalue weighted by molar-refractivity contribution is 6.11. The van der Waals surface area contributed by atoms with Crippen molar-refractivity contribution in [3.8, 4) is 0 Å². The molecule has 0 saturated heterocycles. The average Bonchev–Trinajstić information content (AvgIpc) is 2.95. The molecule has 1 aliphatic heterocycles. The SMILES string of the molecule is CC(=O)c1ccc(N[C@H]2c3ccccc3C(=O)N2c2ccc(C)cn2)cc1. The molecule has 27 heavy (non-hydrogen) atoms. The van der Waals surface area contributed by atoms with Crippen molar-refractivity contribution in [3.63, 3.8) is 0 Å². The lowest BCUT2D eigenvalue weighted by Gasteiger charge is -2.26. The van der Waals surface area contributed by atoms with Crippen LogP contribution in [0.3, 0.4) is 0 Å². The fourth-order valence-electron chi connectivity index (χ4n) is 3.26. The number of aromatic nitrogens is 1. The van der Waals surface area contributed by atoms with Gasteiger partial charge in [-0.25, -0.2) is 4.98 Å². The van der Waals surface area contributed by atoms with Crippen LogP contribution in [-0.2, 0) is 0 Å². The Balaban J connectivity index is 1.73. The van der Waals surface area contributed by atoms with Crippen LogP contribution in [0.4, 0.5) is 11.5 Å². The van der Waals surface area contributed by atoms with Crippen molar-refractivity contribution in [1.29, 1.82) is 0 Å². The Labute approximate surface area is 157 Å². The summed E-state index contributed by atoms with van der Waals surface area (Å²) in [7, 11) is 0. The zero-order chi connectivity index (χ0) is 19.0. The van der Waals surface area contributed by atoms with Crippen LogP contribution in [0.1, 0.15) is 44.9 Å². The molecule has 1 aromatic heterocycles. The lowest BCUT2D eigenvalue weighted by molar-refractivity contribution is 0.0989. The molecule has 5 nitrogen and oxygen atoms in total. The van der Waals surface area contributed by atoms with E-state index in [0.29, 0.717) is 16.9 Å². The normalized spacial score (nSPS) is 15.6. The van der Waals surface area contributed by atoms with Gasteiger partial charge < -0.3 is 5.32 Å². The van der Waals surface area contributed by atoms with Crippen LogP contribution in [0.5, 0.6) is 0 Å². The third-order valence-corrected chi connectivity index (χ3v) is 4.70. The summed E-state index contributed by atoms with van der Waals surface area (Å²) in [6.45, 7) is 3.50. The predicted molar refractivity (Wildman–Crippen MR) is 105 cm³/mol. The zero-order valence-corrected chi connectivity index (χ0v) is 15.1. The second-order valence-electron chi connectivity index (χ2n) is 6.64. The van der Waals surface area contributed by atoms with E-state index in [1.807, 2.05) is 55.5 Å². The van der Waals surface area contributed by atoms with E-state index in [4.69, 9.17) is 0 Å². The molecule has 1 N–H and O–H groups in total. The van der Waals surface area contributed by atoms with Gasteiger partial charge in [-0.05, 0) is 55.8 Å². The molecule has 0 spiro atoms. The Kier molecular flexibility index (Phi) is 4.20. The molecule has 0 bridgehead atoms. The minimum Gasteiger partial charge on any atom is -0.361 e. The fraction of sp³-hybridized carbons (Fsp3) is 0.136. The Morgan fingerprint density at radius 2 is 1.78 bits per heavy atom. The van der Waals surface area contributed by atoms with Gasteiger partial charge in [0.1, 0.15) is 12.0 Å². The van der Waals surface area contributed by atoms with Gasteiger partial charge in [0.2, 0.25) is 0 Å². The van der Waals surface area contributed by atoms with Crippen molar-refractivity contribution < 1.29 is 9.59 Å². The first-order valence-electron chi connectivity index (χ1n) is 8.77. The van der Waals surface area contributed by atoms with Gasteiger partial charge in [0, 0.05) is 28.6 Å². The van der Waals surface area contributed by atoms with Gasteiger partial charge in [-0.1, -0.05) is 24.3 Å². The lowest BCUT2D eigenvalue weighted by Crippen LogP contribution is -2.32. The highest BCUT2D eigenvalue weighted by atomic mass is 16.2. The summed E-state index contributed by atoms with van der Waals surface area (Å²) in [6, 6.07) is 18.6. The quantitative estimate of drug-likeness (QED) is 0.705. The number of hydrogen-bond acceptors (Lipinski definition) is 4. The van der Waals surface area contributed by atoms with Crippen LogP contribution >= 0.6 is 0 Å². The molecule has 0 fully saturated rings. The molecule has 2 heterocycles. The topological polar surface area (TPSA) is 62.3 Å². The molecule has 0 saturated carbocycles.